The van der Waals surface area contributed by atoms with Crippen LogP contribution in [-0.2, 0) is 10.0 Å². The normalized spacial score (nSPS) is 11.4. The molecule has 0 atom stereocenters. The summed E-state index contributed by atoms with van der Waals surface area (Å²) < 4.78 is 30.1. The molecule has 0 saturated carbocycles. The average molecular weight is 549 g/mol. The standard InChI is InChI=1S/C12H7Br4NO2S/c13-7-1-3-11(9(15)5-7)17-20(18,19)12-4-2-8(14)6-10(12)16/h1-6,17H. The summed E-state index contributed by atoms with van der Waals surface area (Å²) in [7, 11) is -3.66. The Bertz CT molecular complexity index is 762. The van der Waals surface area contributed by atoms with Crippen LogP contribution in [0, 0.1) is 0 Å². The molecule has 0 heterocycles. The van der Waals surface area contributed by atoms with Gasteiger partial charge in [-0.25, -0.2) is 8.42 Å². The quantitative estimate of drug-likeness (QED) is 0.548. The van der Waals surface area contributed by atoms with Crippen molar-refractivity contribution >= 4 is 79.4 Å². The minimum Gasteiger partial charge on any atom is -0.278 e. The Morgan fingerprint density at radius 1 is 0.800 bits per heavy atom. The summed E-state index contributed by atoms with van der Waals surface area (Å²) in [6.45, 7) is 0. The maximum absolute atomic E-state index is 12.4. The monoisotopic (exact) mass is 545 g/mol. The van der Waals surface area contributed by atoms with Gasteiger partial charge in [-0.1, -0.05) is 31.9 Å². The van der Waals surface area contributed by atoms with Crippen molar-refractivity contribution in [3.05, 3.63) is 54.3 Å². The third kappa shape index (κ3) is 3.85. The first-order valence-corrected chi connectivity index (χ1v) is 9.88. The van der Waals surface area contributed by atoms with Crippen LogP contribution in [0.5, 0.6) is 0 Å². The highest BCUT2D eigenvalue weighted by Gasteiger charge is 2.19. The van der Waals surface area contributed by atoms with E-state index in [0.717, 1.165) is 8.95 Å². The van der Waals surface area contributed by atoms with Gasteiger partial charge < -0.3 is 0 Å². The molecule has 1 N–H and O–H groups in total. The molecule has 2 aromatic carbocycles. The van der Waals surface area contributed by atoms with Crippen molar-refractivity contribution in [1.29, 1.82) is 0 Å². The minimum absolute atomic E-state index is 0.176. The summed E-state index contributed by atoms with van der Waals surface area (Å²) in [5, 5.41) is 0. The van der Waals surface area contributed by atoms with E-state index in [2.05, 4.69) is 68.4 Å². The third-order valence-corrected chi connectivity index (χ3v) is 6.34. The largest absolute Gasteiger partial charge is 0.278 e. The number of halogens is 4. The molecule has 0 unspecified atom stereocenters. The van der Waals surface area contributed by atoms with Crippen LogP contribution in [0.1, 0.15) is 0 Å². The van der Waals surface area contributed by atoms with Crippen molar-refractivity contribution in [1.82, 2.24) is 0 Å². The fraction of sp³-hybridized carbons (Fsp3) is 0. The lowest BCUT2D eigenvalue weighted by atomic mass is 10.3. The SMILES string of the molecule is O=S(=O)(Nc1ccc(Br)cc1Br)c1ccc(Br)cc1Br. The molecule has 3 nitrogen and oxygen atoms in total. The Labute approximate surface area is 150 Å². The van der Waals surface area contributed by atoms with E-state index in [4.69, 9.17) is 0 Å². The average Bonchev–Trinajstić information content (AvgIpc) is 2.32. The zero-order valence-corrected chi connectivity index (χ0v) is 16.9. The van der Waals surface area contributed by atoms with Gasteiger partial charge in [0, 0.05) is 17.9 Å². The van der Waals surface area contributed by atoms with Gasteiger partial charge in [0.1, 0.15) is 4.90 Å². The molecule has 0 amide bonds. The van der Waals surface area contributed by atoms with Crippen LogP contribution in [-0.4, -0.2) is 8.42 Å². The Morgan fingerprint density at radius 3 is 1.90 bits per heavy atom. The molecule has 0 radical (unpaired) electrons. The molecule has 0 spiro atoms. The first-order chi connectivity index (χ1) is 9.29. The summed E-state index contributed by atoms with van der Waals surface area (Å²) >= 11 is 13.2. The van der Waals surface area contributed by atoms with Gasteiger partial charge in [0.2, 0.25) is 0 Å². The van der Waals surface area contributed by atoms with E-state index < -0.39 is 10.0 Å². The predicted molar refractivity (Wildman–Crippen MR) is 94.5 cm³/mol. The Kier molecular flexibility index (Phi) is 5.34. The molecule has 0 aliphatic heterocycles. The number of hydrogen-bond donors (Lipinski definition) is 1. The van der Waals surface area contributed by atoms with E-state index in [1.165, 1.54) is 6.07 Å². The Morgan fingerprint density at radius 2 is 1.35 bits per heavy atom. The molecule has 106 valence electrons. The summed E-state index contributed by atoms with van der Waals surface area (Å²) in [5.41, 5.74) is 0.475. The molecule has 0 aliphatic rings. The molecular formula is C12H7Br4NO2S. The minimum atomic E-state index is -3.66. The van der Waals surface area contributed by atoms with Crippen molar-refractivity contribution in [2.24, 2.45) is 0 Å². The number of rotatable bonds is 3. The molecular weight excluding hydrogens is 542 g/mol. The van der Waals surface area contributed by atoms with Crippen molar-refractivity contribution in [2.75, 3.05) is 4.72 Å². The second kappa shape index (κ2) is 6.48. The van der Waals surface area contributed by atoms with E-state index >= 15 is 0 Å². The first-order valence-electron chi connectivity index (χ1n) is 5.22. The second-order valence-corrected chi connectivity index (χ2v) is 9.00. The fourth-order valence-electron chi connectivity index (χ4n) is 1.47. The highest BCUT2D eigenvalue weighted by Crippen LogP contribution is 2.31. The zero-order chi connectivity index (χ0) is 14.9. The predicted octanol–water partition coefficient (Wildman–Crippen LogP) is 5.54. The molecule has 0 aromatic heterocycles. The highest BCUT2D eigenvalue weighted by molar-refractivity contribution is 9.11. The number of nitrogens with one attached hydrogen (secondary N) is 1. The molecule has 20 heavy (non-hydrogen) atoms. The first kappa shape index (κ1) is 16.5. The second-order valence-electron chi connectivity index (χ2n) is 3.80. The van der Waals surface area contributed by atoms with E-state index in [9.17, 15) is 8.42 Å². The van der Waals surface area contributed by atoms with Crippen LogP contribution >= 0.6 is 63.7 Å². The lowest BCUT2D eigenvalue weighted by Crippen LogP contribution is -2.13. The van der Waals surface area contributed by atoms with Crippen LogP contribution in [0.25, 0.3) is 0 Å². The summed E-state index contributed by atoms with van der Waals surface area (Å²) in [6.07, 6.45) is 0. The van der Waals surface area contributed by atoms with Gasteiger partial charge in [0.05, 0.1) is 5.69 Å². The Balaban J connectivity index is 2.41. The topological polar surface area (TPSA) is 46.2 Å². The number of sulfonamides is 1. The van der Waals surface area contributed by atoms with Crippen molar-refractivity contribution < 1.29 is 8.42 Å². The van der Waals surface area contributed by atoms with Crippen molar-refractivity contribution in [3.8, 4) is 0 Å². The van der Waals surface area contributed by atoms with Gasteiger partial charge in [-0.05, 0) is 68.3 Å². The van der Waals surface area contributed by atoms with Gasteiger partial charge in [-0.3, -0.25) is 4.72 Å². The number of hydrogen-bond acceptors (Lipinski definition) is 2. The summed E-state index contributed by atoms with van der Waals surface area (Å²) in [6, 6.07) is 10.1. The Hall–Kier alpha value is 0.110. The van der Waals surface area contributed by atoms with Gasteiger partial charge in [-0.15, -0.1) is 0 Å². The van der Waals surface area contributed by atoms with E-state index in [-0.39, 0.29) is 4.90 Å². The van der Waals surface area contributed by atoms with Gasteiger partial charge >= 0.3 is 0 Å². The van der Waals surface area contributed by atoms with E-state index in [1.54, 1.807) is 30.3 Å². The maximum Gasteiger partial charge on any atom is 0.263 e. The third-order valence-electron chi connectivity index (χ3n) is 2.36. The van der Waals surface area contributed by atoms with Crippen LogP contribution in [0.3, 0.4) is 0 Å². The van der Waals surface area contributed by atoms with Crippen LogP contribution in [0.2, 0.25) is 0 Å². The van der Waals surface area contributed by atoms with Gasteiger partial charge in [0.25, 0.3) is 10.0 Å². The molecule has 8 heteroatoms. The van der Waals surface area contributed by atoms with Gasteiger partial charge in [0.15, 0.2) is 0 Å². The smallest absolute Gasteiger partial charge is 0.263 e. The van der Waals surface area contributed by atoms with Crippen LogP contribution < -0.4 is 4.72 Å². The maximum atomic E-state index is 12.4. The molecule has 0 aliphatic carbocycles. The van der Waals surface area contributed by atoms with E-state index in [0.29, 0.717) is 14.6 Å². The molecule has 2 aromatic rings. The van der Waals surface area contributed by atoms with Gasteiger partial charge in [-0.2, -0.15) is 0 Å². The molecule has 0 saturated heterocycles. The molecule has 2 rings (SSSR count). The number of anilines is 1. The lowest BCUT2D eigenvalue weighted by molar-refractivity contribution is 0.600. The van der Waals surface area contributed by atoms with Crippen LogP contribution in [0.4, 0.5) is 5.69 Å². The summed E-state index contributed by atoms with van der Waals surface area (Å²) in [4.78, 5) is 0.176. The zero-order valence-electron chi connectivity index (χ0n) is 9.70. The fourth-order valence-corrected chi connectivity index (χ4v) is 5.57. The molecule has 0 fully saturated rings. The molecule has 0 bridgehead atoms. The highest BCUT2D eigenvalue weighted by atomic mass is 79.9. The lowest BCUT2D eigenvalue weighted by Gasteiger charge is -2.11. The van der Waals surface area contributed by atoms with Crippen molar-refractivity contribution in [2.45, 2.75) is 4.90 Å². The number of benzene rings is 2. The van der Waals surface area contributed by atoms with Crippen molar-refractivity contribution in [3.63, 3.8) is 0 Å². The van der Waals surface area contributed by atoms with E-state index in [1.807, 2.05) is 0 Å². The van der Waals surface area contributed by atoms with Crippen LogP contribution in [0.15, 0.2) is 59.2 Å². The summed E-state index contributed by atoms with van der Waals surface area (Å²) in [5.74, 6) is 0.